The Balaban J connectivity index is 1.74. The summed E-state index contributed by atoms with van der Waals surface area (Å²) in [4.78, 5) is 26.6. The van der Waals surface area contributed by atoms with E-state index < -0.39 is 11.8 Å². The number of carbonyl (C=O) groups excluding carboxylic acids is 2. The van der Waals surface area contributed by atoms with Gasteiger partial charge in [-0.1, -0.05) is 22.9 Å². The molecule has 7 nitrogen and oxygen atoms in total. The smallest absolute Gasteiger partial charge is 0.270 e. The predicted octanol–water partition coefficient (Wildman–Crippen LogP) is 2.45. The molecule has 1 aromatic heterocycles. The second kappa shape index (κ2) is 6.57. The van der Waals surface area contributed by atoms with Crippen molar-refractivity contribution in [1.82, 2.24) is 20.3 Å². The molecule has 1 aliphatic heterocycles. The Morgan fingerprint density at radius 2 is 1.89 bits per heavy atom. The molecule has 4 rings (SSSR count). The summed E-state index contributed by atoms with van der Waals surface area (Å²) in [5, 5.41) is 11.1. The fourth-order valence-corrected chi connectivity index (χ4v) is 3.20. The summed E-state index contributed by atoms with van der Waals surface area (Å²) in [6.45, 7) is 0. The normalized spacial score (nSPS) is 16.3. The Hall–Kier alpha value is -3.10. The minimum absolute atomic E-state index is 0.0221. The number of carbonyl (C=O) groups is 2. The molecule has 2 amide bonds. The van der Waals surface area contributed by atoms with Crippen molar-refractivity contribution in [2.45, 2.75) is 0 Å². The average molecular weight is 398 g/mol. The maximum Gasteiger partial charge on any atom is 0.270 e. The summed E-state index contributed by atoms with van der Waals surface area (Å²) >= 11 is 11.1. The molecule has 27 heavy (non-hydrogen) atoms. The molecule has 0 spiro atoms. The number of anilines is 1. The first-order chi connectivity index (χ1) is 12.9. The van der Waals surface area contributed by atoms with Gasteiger partial charge >= 0.3 is 0 Å². The van der Waals surface area contributed by atoms with Gasteiger partial charge in [-0.2, -0.15) is 0 Å². The summed E-state index contributed by atoms with van der Waals surface area (Å²) < 4.78 is 1.64. The van der Waals surface area contributed by atoms with Crippen LogP contribution in [-0.4, -0.2) is 31.9 Å². The molecule has 1 saturated heterocycles. The van der Waals surface area contributed by atoms with Crippen molar-refractivity contribution < 1.29 is 9.59 Å². The van der Waals surface area contributed by atoms with E-state index >= 15 is 0 Å². The van der Waals surface area contributed by atoms with Crippen molar-refractivity contribution >= 4 is 63.5 Å². The number of hydrogen-bond acceptors (Lipinski definition) is 5. The van der Waals surface area contributed by atoms with E-state index in [0.29, 0.717) is 21.8 Å². The average Bonchev–Trinajstić information content (AvgIpc) is 3.00. The first-order valence-electron chi connectivity index (χ1n) is 7.90. The molecule has 0 bridgehead atoms. The maximum atomic E-state index is 12.9. The van der Waals surface area contributed by atoms with Gasteiger partial charge in [0.25, 0.3) is 11.8 Å². The van der Waals surface area contributed by atoms with Gasteiger partial charge in [-0.05, 0) is 60.3 Å². The minimum Gasteiger partial charge on any atom is -0.298 e. The Morgan fingerprint density at radius 1 is 1.15 bits per heavy atom. The van der Waals surface area contributed by atoms with E-state index in [-0.39, 0.29) is 10.7 Å². The van der Waals surface area contributed by atoms with Crippen LogP contribution in [-0.2, 0) is 16.6 Å². The second-order valence-corrected chi connectivity index (χ2v) is 6.72. The van der Waals surface area contributed by atoms with Crippen molar-refractivity contribution in [2.75, 3.05) is 4.90 Å². The van der Waals surface area contributed by atoms with Crippen LogP contribution in [0.25, 0.3) is 17.1 Å². The molecule has 2 aromatic carbocycles. The molecule has 0 radical (unpaired) electrons. The standard InChI is InChI=1S/C18H12ClN5O2S/c1-23-15-7-2-10(9-14(15)21-22-23)8-13-16(25)20-18(27)24(17(13)26)12-5-3-11(19)4-6-12/h2-9H,1H3,(H,20,25,27). The van der Waals surface area contributed by atoms with Gasteiger partial charge in [0.2, 0.25) is 0 Å². The highest BCUT2D eigenvalue weighted by atomic mass is 35.5. The quantitative estimate of drug-likeness (QED) is 0.408. The zero-order valence-electron chi connectivity index (χ0n) is 14.0. The van der Waals surface area contributed by atoms with Gasteiger partial charge in [-0.3, -0.25) is 19.8 Å². The summed E-state index contributed by atoms with van der Waals surface area (Å²) in [7, 11) is 1.79. The largest absolute Gasteiger partial charge is 0.298 e. The van der Waals surface area contributed by atoms with E-state index in [1.165, 1.54) is 11.0 Å². The Morgan fingerprint density at radius 3 is 2.63 bits per heavy atom. The highest BCUT2D eigenvalue weighted by molar-refractivity contribution is 7.80. The zero-order valence-corrected chi connectivity index (χ0v) is 15.6. The van der Waals surface area contributed by atoms with Crippen LogP contribution in [0.5, 0.6) is 0 Å². The molecular weight excluding hydrogens is 386 g/mol. The van der Waals surface area contributed by atoms with Crippen molar-refractivity contribution in [2.24, 2.45) is 7.05 Å². The van der Waals surface area contributed by atoms with E-state index in [9.17, 15) is 9.59 Å². The van der Waals surface area contributed by atoms with E-state index in [4.69, 9.17) is 23.8 Å². The predicted molar refractivity (Wildman–Crippen MR) is 106 cm³/mol. The van der Waals surface area contributed by atoms with Gasteiger partial charge in [0.1, 0.15) is 11.1 Å². The molecule has 134 valence electrons. The number of amides is 2. The highest BCUT2D eigenvalue weighted by Crippen LogP contribution is 2.24. The van der Waals surface area contributed by atoms with Crippen molar-refractivity contribution in [1.29, 1.82) is 0 Å². The molecular formula is C18H12ClN5O2S. The van der Waals surface area contributed by atoms with Gasteiger partial charge in [0.05, 0.1) is 11.2 Å². The lowest BCUT2D eigenvalue weighted by molar-refractivity contribution is -0.122. The lowest BCUT2D eigenvalue weighted by Gasteiger charge is -2.28. The van der Waals surface area contributed by atoms with Gasteiger partial charge in [0.15, 0.2) is 5.11 Å². The van der Waals surface area contributed by atoms with E-state index in [2.05, 4.69) is 15.6 Å². The van der Waals surface area contributed by atoms with Crippen molar-refractivity contribution in [3.8, 4) is 0 Å². The van der Waals surface area contributed by atoms with Crippen LogP contribution in [0.15, 0.2) is 48.0 Å². The third-order valence-electron chi connectivity index (χ3n) is 4.13. The number of fused-ring (bicyclic) bond motifs is 1. The molecule has 0 saturated carbocycles. The number of thiocarbonyl (C=S) groups is 1. The molecule has 2 heterocycles. The van der Waals surface area contributed by atoms with E-state index in [1.54, 1.807) is 48.1 Å². The monoisotopic (exact) mass is 397 g/mol. The van der Waals surface area contributed by atoms with Crippen LogP contribution < -0.4 is 10.2 Å². The molecule has 1 fully saturated rings. The van der Waals surface area contributed by atoms with Gasteiger partial charge in [0, 0.05) is 12.1 Å². The first-order valence-corrected chi connectivity index (χ1v) is 8.69. The van der Waals surface area contributed by atoms with Crippen LogP contribution in [0.4, 0.5) is 5.69 Å². The van der Waals surface area contributed by atoms with Crippen molar-refractivity contribution in [3.05, 3.63) is 58.6 Å². The molecule has 1 N–H and O–H groups in total. The fourth-order valence-electron chi connectivity index (χ4n) is 2.80. The lowest BCUT2D eigenvalue weighted by atomic mass is 10.1. The van der Waals surface area contributed by atoms with Crippen molar-refractivity contribution in [3.63, 3.8) is 0 Å². The van der Waals surface area contributed by atoms with Crippen LogP contribution in [0, 0.1) is 0 Å². The molecule has 3 aromatic rings. The third-order valence-corrected chi connectivity index (χ3v) is 4.67. The second-order valence-electron chi connectivity index (χ2n) is 5.90. The summed E-state index contributed by atoms with van der Waals surface area (Å²) in [6, 6.07) is 12.0. The Kier molecular flexibility index (Phi) is 4.21. The Bertz CT molecular complexity index is 1140. The minimum atomic E-state index is -0.547. The zero-order chi connectivity index (χ0) is 19.1. The topological polar surface area (TPSA) is 80.1 Å². The first kappa shape index (κ1) is 17.3. The van der Waals surface area contributed by atoms with Gasteiger partial charge < -0.3 is 0 Å². The van der Waals surface area contributed by atoms with Gasteiger partial charge in [-0.15, -0.1) is 5.10 Å². The summed E-state index contributed by atoms with van der Waals surface area (Å²) in [6.07, 6.45) is 1.51. The number of benzene rings is 2. The number of aromatic nitrogens is 3. The summed E-state index contributed by atoms with van der Waals surface area (Å²) in [5.41, 5.74) is 2.66. The number of nitrogens with zero attached hydrogens (tertiary/aromatic N) is 4. The van der Waals surface area contributed by atoms with Crippen LogP contribution in [0.3, 0.4) is 0 Å². The number of halogens is 1. The molecule has 0 atom stereocenters. The molecule has 1 aliphatic rings. The third kappa shape index (κ3) is 3.09. The lowest BCUT2D eigenvalue weighted by Crippen LogP contribution is -2.54. The van der Waals surface area contributed by atoms with Crippen LogP contribution >= 0.6 is 23.8 Å². The van der Waals surface area contributed by atoms with Crippen LogP contribution in [0.2, 0.25) is 5.02 Å². The molecule has 9 heteroatoms. The van der Waals surface area contributed by atoms with E-state index in [1.807, 2.05) is 6.07 Å². The Labute approximate surface area is 164 Å². The fraction of sp³-hybridized carbons (Fsp3) is 0.0556. The number of nitrogens with one attached hydrogen (secondary N) is 1. The maximum absolute atomic E-state index is 12.9. The van der Waals surface area contributed by atoms with Crippen LogP contribution in [0.1, 0.15) is 5.56 Å². The van der Waals surface area contributed by atoms with E-state index in [0.717, 1.165) is 5.52 Å². The number of rotatable bonds is 2. The van der Waals surface area contributed by atoms with Gasteiger partial charge in [-0.25, -0.2) is 4.68 Å². The molecule has 0 aliphatic carbocycles. The number of hydrogen-bond donors (Lipinski definition) is 1. The molecule has 0 unspecified atom stereocenters. The highest BCUT2D eigenvalue weighted by Gasteiger charge is 2.34. The summed E-state index contributed by atoms with van der Waals surface area (Å²) in [5.74, 6) is -1.06. The SMILES string of the molecule is Cn1nnc2cc(C=C3C(=O)NC(=S)N(c4ccc(Cl)cc4)C3=O)ccc21. The number of aryl methyl sites for hydroxylation is 1.